The van der Waals surface area contributed by atoms with Crippen molar-refractivity contribution in [1.82, 2.24) is 10.2 Å². The number of nitrogens with one attached hydrogen (secondary N) is 1. The molecule has 3 N–H and O–H groups in total. The molecule has 1 saturated carbocycles. The second-order valence-electron chi connectivity index (χ2n) is 9.32. The average Bonchev–Trinajstić information content (AvgIpc) is 3.67. The lowest BCUT2D eigenvalue weighted by atomic mass is 9.88. The van der Waals surface area contributed by atoms with E-state index in [2.05, 4.69) is 5.32 Å². The minimum absolute atomic E-state index is 0.0796. The van der Waals surface area contributed by atoms with Crippen LogP contribution in [-0.4, -0.2) is 78.3 Å². The number of nitrogens with zero attached hydrogens (tertiary/aromatic N) is 1. The number of aldehydes is 1. The highest BCUT2D eigenvalue weighted by Crippen LogP contribution is 2.38. The van der Waals surface area contributed by atoms with Crippen molar-refractivity contribution in [3.8, 4) is 11.5 Å². The Balaban J connectivity index is 2.00. The van der Waals surface area contributed by atoms with E-state index in [-0.39, 0.29) is 25.5 Å². The topological polar surface area (TPSA) is 125 Å². The standard InChI is InChI=1S/C26H33IN2O7/c1-15(2)8-23(32)29(13-16-4-5-16)20-11-18(26(34)28-6-7-30)12-21(24(20)33)36-25-19(27)9-17(14-31)10-22(25)35-3/h8-10,12,14,16,20-21,24,30,33H,4-7,11,13H2,1-3H3,(H,28,34). The number of ether oxygens (including phenoxy) is 2. The fourth-order valence-corrected chi connectivity index (χ4v) is 4.89. The van der Waals surface area contributed by atoms with Crippen LogP contribution in [0.25, 0.3) is 0 Å². The molecule has 0 spiro atoms. The molecule has 9 nitrogen and oxygen atoms in total. The van der Waals surface area contributed by atoms with E-state index in [1.54, 1.807) is 23.1 Å². The summed E-state index contributed by atoms with van der Waals surface area (Å²) in [6, 6.07) is 2.47. The zero-order valence-electron chi connectivity index (χ0n) is 20.7. The van der Waals surface area contributed by atoms with E-state index in [1.165, 1.54) is 13.2 Å². The summed E-state index contributed by atoms with van der Waals surface area (Å²) < 4.78 is 12.2. The van der Waals surface area contributed by atoms with E-state index in [0.717, 1.165) is 18.4 Å². The lowest BCUT2D eigenvalue weighted by Gasteiger charge is -2.40. The summed E-state index contributed by atoms with van der Waals surface area (Å²) in [5.41, 5.74) is 1.60. The highest BCUT2D eigenvalue weighted by atomic mass is 127. The number of carbonyl (C=O) groups excluding carboxylic acids is 3. The maximum Gasteiger partial charge on any atom is 0.247 e. The Morgan fingerprint density at radius 2 is 2.00 bits per heavy atom. The predicted octanol–water partition coefficient (Wildman–Crippen LogP) is 2.23. The van der Waals surface area contributed by atoms with Gasteiger partial charge in [-0.1, -0.05) is 5.57 Å². The molecule has 1 aromatic carbocycles. The molecule has 0 bridgehead atoms. The number of carbonyl (C=O) groups is 3. The first-order chi connectivity index (χ1) is 17.2. The summed E-state index contributed by atoms with van der Waals surface area (Å²) in [7, 11) is 1.45. The second kappa shape index (κ2) is 12.7. The number of amides is 2. The molecule has 0 radical (unpaired) electrons. The summed E-state index contributed by atoms with van der Waals surface area (Å²) in [5, 5.41) is 23.2. The van der Waals surface area contributed by atoms with Gasteiger partial charge >= 0.3 is 0 Å². The summed E-state index contributed by atoms with van der Waals surface area (Å²) in [5.74, 6) is 0.385. The van der Waals surface area contributed by atoms with Crippen LogP contribution in [0, 0.1) is 9.49 Å². The zero-order chi connectivity index (χ0) is 26.4. The highest BCUT2D eigenvalue weighted by molar-refractivity contribution is 14.1. The van der Waals surface area contributed by atoms with E-state index in [9.17, 15) is 19.5 Å². The molecule has 36 heavy (non-hydrogen) atoms. The Morgan fingerprint density at radius 1 is 1.28 bits per heavy atom. The van der Waals surface area contributed by atoms with Crippen LogP contribution in [0.2, 0.25) is 0 Å². The van der Waals surface area contributed by atoms with Crippen molar-refractivity contribution in [2.75, 3.05) is 26.8 Å². The molecular weight excluding hydrogens is 579 g/mol. The molecule has 1 fully saturated rings. The maximum absolute atomic E-state index is 13.2. The van der Waals surface area contributed by atoms with Crippen LogP contribution < -0.4 is 14.8 Å². The fraction of sp³-hybridized carbons (Fsp3) is 0.500. The molecular formula is C26H33IN2O7. The molecule has 2 aliphatic rings. The van der Waals surface area contributed by atoms with Gasteiger partial charge in [0.05, 0.1) is 23.3 Å². The average molecular weight is 612 g/mol. The molecule has 3 unspecified atom stereocenters. The molecule has 3 rings (SSSR count). The van der Waals surface area contributed by atoms with Gasteiger partial charge in [0.25, 0.3) is 0 Å². The molecule has 2 amide bonds. The molecule has 3 atom stereocenters. The molecule has 0 aromatic heterocycles. The first-order valence-electron chi connectivity index (χ1n) is 11.9. The third kappa shape index (κ3) is 7.07. The number of rotatable bonds is 11. The number of benzene rings is 1. The van der Waals surface area contributed by atoms with Gasteiger partial charge in [0.2, 0.25) is 11.8 Å². The van der Waals surface area contributed by atoms with E-state index in [1.807, 2.05) is 36.4 Å². The van der Waals surface area contributed by atoms with Crippen molar-refractivity contribution in [3.63, 3.8) is 0 Å². The highest BCUT2D eigenvalue weighted by Gasteiger charge is 2.42. The van der Waals surface area contributed by atoms with Gasteiger partial charge in [-0.05, 0) is 73.4 Å². The van der Waals surface area contributed by atoms with Crippen molar-refractivity contribution in [3.05, 3.63) is 44.6 Å². The number of hydrogen-bond acceptors (Lipinski definition) is 7. The van der Waals surface area contributed by atoms with Crippen molar-refractivity contribution >= 4 is 40.7 Å². The Morgan fingerprint density at radius 3 is 2.58 bits per heavy atom. The van der Waals surface area contributed by atoms with Crippen LogP contribution in [0.3, 0.4) is 0 Å². The third-order valence-electron chi connectivity index (χ3n) is 6.10. The van der Waals surface area contributed by atoms with E-state index < -0.39 is 24.2 Å². The van der Waals surface area contributed by atoms with Gasteiger partial charge in [0.1, 0.15) is 18.5 Å². The number of halogens is 1. The largest absolute Gasteiger partial charge is 0.493 e. The minimum atomic E-state index is -1.13. The van der Waals surface area contributed by atoms with Crippen molar-refractivity contribution in [1.29, 1.82) is 0 Å². The monoisotopic (exact) mass is 612 g/mol. The minimum Gasteiger partial charge on any atom is -0.493 e. The van der Waals surface area contributed by atoms with E-state index >= 15 is 0 Å². The summed E-state index contributed by atoms with van der Waals surface area (Å²) >= 11 is 2.02. The number of hydrogen-bond donors (Lipinski definition) is 3. The van der Waals surface area contributed by atoms with Crippen LogP contribution in [0.4, 0.5) is 0 Å². The van der Waals surface area contributed by atoms with Crippen molar-refractivity contribution in [2.45, 2.75) is 51.4 Å². The molecule has 0 saturated heterocycles. The van der Waals surface area contributed by atoms with Crippen molar-refractivity contribution < 1.29 is 34.1 Å². The van der Waals surface area contributed by atoms with Gasteiger partial charge in [-0.15, -0.1) is 0 Å². The first-order valence-corrected chi connectivity index (χ1v) is 13.0. The van der Waals surface area contributed by atoms with E-state index in [4.69, 9.17) is 14.6 Å². The fourth-order valence-electron chi connectivity index (χ4n) is 4.14. The number of allylic oxidation sites excluding steroid dienone is 1. The summed E-state index contributed by atoms with van der Waals surface area (Å²) in [6.45, 7) is 4.02. The van der Waals surface area contributed by atoms with Crippen LogP contribution in [-0.2, 0) is 9.59 Å². The molecule has 196 valence electrons. The van der Waals surface area contributed by atoms with Crippen LogP contribution in [0.1, 0.15) is 43.5 Å². The Kier molecular flexibility index (Phi) is 9.92. The maximum atomic E-state index is 13.2. The third-order valence-corrected chi connectivity index (χ3v) is 6.90. The number of aliphatic hydroxyl groups excluding tert-OH is 2. The lowest BCUT2D eigenvalue weighted by molar-refractivity contribution is -0.134. The van der Waals surface area contributed by atoms with E-state index in [0.29, 0.717) is 45.0 Å². The quantitative estimate of drug-likeness (QED) is 0.199. The molecule has 2 aliphatic carbocycles. The molecule has 0 heterocycles. The number of methoxy groups -OCH3 is 1. The van der Waals surface area contributed by atoms with Gasteiger partial charge in [-0.25, -0.2) is 0 Å². The van der Waals surface area contributed by atoms with Gasteiger partial charge in [-0.2, -0.15) is 0 Å². The Labute approximate surface area is 224 Å². The van der Waals surface area contributed by atoms with Crippen LogP contribution in [0.5, 0.6) is 11.5 Å². The molecule has 10 heteroatoms. The zero-order valence-corrected chi connectivity index (χ0v) is 22.9. The smallest absolute Gasteiger partial charge is 0.247 e. The SMILES string of the molecule is COc1cc(C=O)cc(I)c1OC1C=C(C(=O)NCCO)CC(N(CC2CC2)C(=O)C=C(C)C)C1O. The number of aliphatic hydroxyl groups is 2. The van der Waals surface area contributed by atoms with Gasteiger partial charge in [0.15, 0.2) is 11.5 Å². The molecule has 0 aliphatic heterocycles. The van der Waals surface area contributed by atoms with Crippen LogP contribution in [0.15, 0.2) is 35.4 Å². The summed E-state index contributed by atoms with van der Waals surface area (Å²) in [6.07, 6.45) is 3.87. The Hall–Kier alpha value is -2.44. The normalized spacial score (nSPS) is 21.2. The second-order valence-corrected chi connectivity index (χ2v) is 10.5. The lowest BCUT2D eigenvalue weighted by Crippen LogP contribution is -2.55. The Bertz CT molecular complexity index is 1050. The van der Waals surface area contributed by atoms with Crippen molar-refractivity contribution in [2.24, 2.45) is 5.92 Å². The summed E-state index contributed by atoms with van der Waals surface area (Å²) in [4.78, 5) is 39.0. The molecule has 1 aromatic rings. The predicted molar refractivity (Wildman–Crippen MR) is 142 cm³/mol. The van der Waals surface area contributed by atoms with Gasteiger partial charge in [0, 0.05) is 36.7 Å². The van der Waals surface area contributed by atoms with Gasteiger partial charge < -0.3 is 29.9 Å². The first kappa shape index (κ1) is 28.1. The van der Waals surface area contributed by atoms with Gasteiger partial charge in [-0.3, -0.25) is 14.4 Å². The van der Waals surface area contributed by atoms with Crippen LogP contribution >= 0.6 is 22.6 Å².